The molecule has 0 aromatic carbocycles. The molecule has 0 aromatic heterocycles. The number of rotatable bonds is 3. The van der Waals surface area contributed by atoms with Gasteiger partial charge in [0, 0.05) is 31.7 Å². The zero-order valence-electron chi connectivity index (χ0n) is 22.0. The number of ether oxygens (including phenoxy) is 2. The van der Waals surface area contributed by atoms with Crippen molar-refractivity contribution >= 4 is 23.9 Å². The van der Waals surface area contributed by atoms with Gasteiger partial charge in [-0.05, 0) is 47.0 Å². The van der Waals surface area contributed by atoms with Crippen molar-refractivity contribution in [1.29, 1.82) is 0 Å². The van der Waals surface area contributed by atoms with Crippen LogP contribution in [0.1, 0.15) is 79.1 Å². The molecule has 0 spiro atoms. The van der Waals surface area contributed by atoms with Crippen LogP contribution in [0.5, 0.6) is 0 Å². The number of esters is 1. The first-order valence-corrected chi connectivity index (χ1v) is 13.0. The Labute approximate surface area is 215 Å². The number of nitrogens with zero attached hydrogens (tertiary/aromatic N) is 1. The van der Waals surface area contributed by atoms with Crippen LogP contribution in [0.2, 0.25) is 0 Å². The van der Waals surface area contributed by atoms with Crippen molar-refractivity contribution in [2.45, 2.75) is 114 Å². The zero-order chi connectivity index (χ0) is 27.6. The van der Waals surface area contributed by atoms with E-state index in [4.69, 9.17) is 9.47 Å². The third-order valence-corrected chi connectivity index (χ3v) is 7.03. The molecule has 12 heteroatoms. The summed E-state index contributed by atoms with van der Waals surface area (Å²) in [4.78, 5) is 53.2. The Bertz CT molecular complexity index is 894. The highest BCUT2D eigenvalue weighted by Crippen LogP contribution is 2.51. The predicted octanol–water partition coefficient (Wildman–Crippen LogP) is 2.27. The Hall–Kier alpha value is -2.50. The molecule has 0 unspecified atom stereocenters. The van der Waals surface area contributed by atoms with Gasteiger partial charge < -0.3 is 30.1 Å². The van der Waals surface area contributed by atoms with E-state index < -0.39 is 77.9 Å². The van der Waals surface area contributed by atoms with E-state index in [9.17, 15) is 33.1 Å². The van der Waals surface area contributed by atoms with E-state index in [1.54, 1.807) is 27.7 Å². The smallest absolute Gasteiger partial charge is 0.408 e. The lowest BCUT2D eigenvalue weighted by Gasteiger charge is -2.30. The third-order valence-electron chi connectivity index (χ3n) is 7.03. The minimum Gasteiger partial charge on any atom is -0.464 e. The summed E-state index contributed by atoms with van der Waals surface area (Å²) in [6.45, 7) is 6.48. The standard InChI is InChI=1S/C25H39F2N3O7/c1-5-36-21(34)25-13-15(25)12-24(26,27)10-8-6-7-9-17(28-22(35)37-23(2,3)4)20(33)30-14-16(31)11-18(30)19(32)29-25/h15-18,31H,5-14H2,1-4H3,(H,28,35)(H,29,32)/t15-,16-,17+,18+,25-/m1/s1. The summed E-state index contributed by atoms with van der Waals surface area (Å²) >= 11 is 0. The number of amides is 3. The molecule has 3 rings (SSSR count). The molecule has 37 heavy (non-hydrogen) atoms. The van der Waals surface area contributed by atoms with E-state index in [2.05, 4.69) is 10.6 Å². The fourth-order valence-corrected chi connectivity index (χ4v) is 5.18. The van der Waals surface area contributed by atoms with Crippen LogP contribution < -0.4 is 10.6 Å². The fourth-order valence-electron chi connectivity index (χ4n) is 5.18. The number of nitrogens with one attached hydrogen (secondary N) is 2. The second-order valence-corrected chi connectivity index (χ2v) is 11.3. The first-order chi connectivity index (χ1) is 17.2. The average molecular weight is 532 g/mol. The SMILES string of the molecule is CCOC(=O)[C@@]12C[C@H]1CC(F)(F)CCCCC[C@H](NC(=O)OC(C)(C)C)C(=O)N1C[C@H](O)C[C@H]1C(=O)N2. The molecular weight excluding hydrogens is 492 g/mol. The molecule has 2 saturated heterocycles. The molecule has 0 bridgehead atoms. The Balaban J connectivity index is 1.88. The van der Waals surface area contributed by atoms with Gasteiger partial charge in [0.1, 0.15) is 23.2 Å². The number of carbonyl (C=O) groups excluding carboxylic acids is 4. The number of alkyl halides is 2. The van der Waals surface area contributed by atoms with Gasteiger partial charge in [-0.3, -0.25) is 9.59 Å². The number of aliphatic hydroxyl groups excluding tert-OH is 1. The molecule has 2 heterocycles. The number of fused-ring (bicyclic) bond motifs is 2. The summed E-state index contributed by atoms with van der Waals surface area (Å²) in [6, 6.07) is -2.21. The Morgan fingerprint density at radius 2 is 1.89 bits per heavy atom. The van der Waals surface area contributed by atoms with Crippen LogP contribution in [0.15, 0.2) is 0 Å². The number of carbonyl (C=O) groups is 4. The minimum absolute atomic E-state index is 0.0131. The van der Waals surface area contributed by atoms with Crippen molar-refractivity contribution in [1.82, 2.24) is 15.5 Å². The van der Waals surface area contributed by atoms with Crippen LogP contribution >= 0.6 is 0 Å². The molecule has 0 radical (unpaired) electrons. The Morgan fingerprint density at radius 1 is 1.19 bits per heavy atom. The van der Waals surface area contributed by atoms with Gasteiger partial charge in [0.25, 0.3) is 0 Å². The highest BCUT2D eigenvalue weighted by molar-refractivity contribution is 5.96. The van der Waals surface area contributed by atoms with Gasteiger partial charge in [0.2, 0.25) is 17.7 Å². The van der Waals surface area contributed by atoms with E-state index in [1.807, 2.05) is 0 Å². The summed E-state index contributed by atoms with van der Waals surface area (Å²) in [5.41, 5.74) is -2.40. The van der Waals surface area contributed by atoms with E-state index >= 15 is 0 Å². The van der Waals surface area contributed by atoms with E-state index in [-0.39, 0.29) is 38.8 Å². The molecule has 0 aromatic rings. The molecule has 1 aliphatic carbocycles. The number of halogens is 2. The molecule has 10 nitrogen and oxygen atoms in total. The first kappa shape index (κ1) is 29.1. The molecule has 1 saturated carbocycles. The molecule has 5 atom stereocenters. The molecule has 3 N–H and O–H groups in total. The summed E-state index contributed by atoms with van der Waals surface area (Å²) < 4.78 is 39.9. The maximum atomic E-state index is 14.7. The second-order valence-electron chi connectivity index (χ2n) is 11.3. The summed E-state index contributed by atoms with van der Waals surface area (Å²) in [7, 11) is 0. The predicted molar refractivity (Wildman–Crippen MR) is 128 cm³/mol. The maximum Gasteiger partial charge on any atom is 0.408 e. The van der Waals surface area contributed by atoms with Crippen molar-refractivity contribution in [2.24, 2.45) is 5.92 Å². The van der Waals surface area contributed by atoms with Crippen molar-refractivity contribution < 1.29 is 42.5 Å². The lowest BCUT2D eigenvalue weighted by molar-refractivity contribution is -0.150. The van der Waals surface area contributed by atoms with Crippen LogP contribution in [-0.4, -0.2) is 82.3 Å². The lowest BCUT2D eigenvalue weighted by atomic mass is 10.0. The number of aliphatic hydroxyl groups is 1. The van der Waals surface area contributed by atoms with Crippen LogP contribution in [0.25, 0.3) is 0 Å². The number of hydrogen-bond donors (Lipinski definition) is 3. The van der Waals surface area contributed by atoms with E-state index in [0.717, 1.165) is 0 Å². The lowest BCUT2D eigenvalue weighted by Crippen LogP contribution is -2.57. The minimum atomic E-state index is -3.04. The molecule has 3 aliphatic rings. The average Bonchev–Trinajstić information content (AvgIpc) is 3.28. The quantitative estimate of drug-likeness (QED) is 0.476. The van der Waals surface area contributed by atoms with Crippen molar-refractivity contribution in [3.05, 3.63) is 0 Å². The Kier molecular flexibility index (Phi) is 8.71. The summed E-state index contributed by atoms with van der Waals surface area (Å²) in [6.07, 6.45) is -1.73. The Morgan fingerprint density at radius 3 is 2.54 bits per heavy atom. The fraction of sp³-hybridized carbons (Fsp3) is 0.840. The molecule has 3 fully saturated rings. The highest BCUT2D eigenvalue weighted by atomic mass is 19.3. The van der Waals surface area contributed by atoms with E-state index in [0.29, 0.717) is 12.8 Å². The van der Waals surface area contributed by atoms with E-state index in [1.165, 1.54) is 4.90 Å². The molecule has 210 valence electrons. The van der Waals surface area contributed by atoms with Gasteiger partial charge in [-0.1, -0.05) is 12.8 Å². The second kappa shape index (κ2) is 11.1. The molecule has 3 amide bonds. The largest absolute Gasteiger partial charge is 0.464 e. The van der Waals surface area contributed by atoms with Gasteiger partial charge in [-0.15, -0.1) is 0 Å². The first-order valence-electron chi connectivity index (χ1n) is 13.0. The molecule has 2 aliphatic heterocycles. The zero-order valence-corrected chi connectivity index (χ0v) is 22.0. The maximum absolute atomic E-state index is 14.7. The highest BCUT2D eigenvalue weighted by Gasteiger charge is 2.65. The van der Waals surface area contributed by atoms with Gasteiger partial charge in [0.15, 0.2) is 0 Å². The van der Waals surface area contributed by atoms with Gasteiger partial charge in [-0.25, -0.2) is 18.4 Å². The monoisotopic (exact) mass is 531 g/mol. The van der Waals surface area contributed by atoms with Crippen molar-refractivity contribution in [2.75, 3.05) is 13.2 Å². The van der Waals surface area contributed by atoms with Crippen molar-refractivity contribution in [3.63, 3.8) is 0 Å². The van der Waals surface area contributed by atoms with Crippen LogP contribution in [-0.2, 0) is 23.9 Å². The van der Waals surface area contributed by atoms with Gasteiger partial charge in [0.05, 0.1) is 12.7 Å². The summed E-state index contributed by atoms with van der Waals surface area (Å²) in [5.74, 6) is -5.93. The molecular formula is C25H39F2N3O7. The van der Waals surface area contributed by atoms with Gasteiger partial charge in [-0.2, -0.15) is 0 Å². The van der Waals surface area contributed by atoms with Gasteiger partial charge >= 0.3 is 12.1 Å². The van der Waals surface area contributed by atoms with Crippen molar-refractivity contribution in [3.8, 4) is 0 Å². The number of hydrogen-bond acceptors (Lipinski definition) is 7. The van der Waals surface area contributed by atoms with Crippen LogP contribution in [0, 0.1) is 5.92 Å². The third kappa shape index (κ3) is 7.30. The summed E-state index contributed by atoms with van der Waals surface area (Å²) in [5, 5.41) is 15.4. The normalized spacial score (nSPS) is 32.7. The topological polar surface area (TPSA) is 134 Å². The number of alkyl carbamates (subject to hydrolysis) is 1. The van der Waals surface area contributed by atoms with Crippen LogP contribution in [0.3, 0.4) is 0 Å². The van der Waals surface area contributed by atoms with Crippen LogP contribution in [0.4, 0.5) is 13.6 Å².